The van der Waals surface area contributed by atoms with E-state index in [0.29, 0.717) is 24.8 Å². The minimum atomic E-state index is -0.448. The van der Waals surface area contributed by atoms with Crippen LogP contribution in [0.2, 0.25) is 0 Å². The molecular formula is C9H16ClNO2. The molecule has 0 atom stereocenters. The molecule has 76 valence electrons. The molecule has 3 nitrogen and oxygen atoms in total. The molecule has 0 saturated carbocycles. The van der Waals surface area contributed by atoms with E-state index in [9.17, 15) is 0 Å². The summed E-state index contributed by atoms with van der Waals surface area (Å²) < 4.78 is 10.9. The maximum atomic E-state index is 5.61. The van der Waals surface area contributed by atoms with Crippen LogP contribution in [0.4, 0.5) is 0 Å². The molecule has 0 aliphatic carbocycles. The van der Waals surface area contributed by atoms with Crippen molar-refractivity contribution in [3.05, 3.63) is 11.6 Å². The summed E-state index contributed by atoms with van der Waals surface area (Å²) >= 11 is 5.61. The van der Waals surface area contributed by atoms with E-state index < -0.39 is 5.79 Å². The Bertz CT molecular complexity index is 184. The van der Waals surface area contributed by atoms with E-state index in [-0.39, 0.29) is 6.04 Å². The third-order valence-electron chi connectivity index (χ3n) is 1.85. The number of halogens is 1. The Labute approximate surface area is 84.0 Å². The third kappa shape index (κ3) is 4.09. The van der Waals surface area contributed by atoms with Crippen LogP contribution in [0.5, 0.6) is 0 Å². The van der Waals surface area contributed by atoms with Crippen LogP contribution in [0.25, 0.3) is 0 Å². The van der Waals surface area contributed by atoms with Gasteiger partial charge in [-0.3, -0.25) is 0 Å². The Morgan fingerprint density at radius 3 is 2.54 bits per heavy atom. The molecule has 0 spiro atoms. The van der Waals surface area contributed by atoms with Crippen LogP contribution in [0.3, 0.4) is 0 Å². The van der Waals surface area contributed by atoms with Gasteiger partial charge in [0.2, 0.25) is 0 Å². The van der Waals surface area contributed by atoms with Crippen LogP contribution in [0.15, 0.2) is 11.6 Å². The van der Waals surface area contributed by atoms with Gasteiger partial charge in [0.25, 0.3) is 0 Å². The highest BCUT2D eigenvalue weighted by Gasteiger charge is 2.27. The summed E-state index contributed by atoms with van der Waals surface area (Å²) in [4.78, 5) is 0. The summed E-state index contributed by atoms with van der Waals surface area (Å²) in [5, 5.41) is 3.78. The lowest BCUT2D eigenvalue weighted by Crippen LogP contribution is -2.48. The number of hydrogen-bond acceptors (Lipinski definition) is 3. The van der Waals surface area contributed by atoms with Gasteiger partial charge in [-0.2, -0.15) is 0 Å². The molecule has 0 aromatic rings. The molecule has 0 radical (unpaired) electrons. The molecule has 0 aromatic heterocycles. The highest BCUT2D eigenvalue weighted by atomic mass is 35.5. The van der Waals surface area contributed by atoms with Crippen molar-refractivity contribution in [3.8, 4) is 0 Å². The van der Waals surface area contributed by atoms with Crippen molar-refractivity contribution in [1.82, 2.24) is 5.32 Å². The second-order valence-corrected chi connectivity index (χ2v) is 4.15. The van der Waals surface area contributed by atoms with Gasteiger partial charge < -0.3 is 14.8 Å². The first kappa shape index (κ1) is 11.0. The molecule has 1 saturated heterocycles. The summed E-state index contributed by atoms with van der Waals surface area (Å²) in [6.45, 7) is 9.30. The van der Waals surface area contributed by atoms with Gasteiger partial charge in [0.05, 0.1) is 19.3 Å². The monoisotopic (exact) mass is 205 g/mol. The second kappa shape index (κ2) is 4.42. The Kier molecular flexibility index (Phi) is 3.74. The van der Waals surface area contributed by atoms with Crippen molar-refractivity contribution in [2.75, 3.05) is 19.8 Å². The topological polar surface area (TPSA) is 30.5 Å². The van der Waals surface area contributed by atoms with Crippen LogP contribution in [0.1, 0.15) is 13.8 Å². The van der Waals surface area contributed by atoms with Gasteiger partial charge in [-0.1, -0.05) is 18.2 Å². The fraction of sp³-hybridized carbons (Fsp3) is 0.778. The predicted molar refractivity (Wildman–Crippen MR) is 52.8 cm³/mol. The third-order valence-corrected chi connectivity index (χ3v) is 1.98. The molecule has 0 amide bonds. The van der Waals surface area contributed by atoms with Crippen molar-refractivity contribution in [2.45, 2.75) is 25.7 Å². The van der Waals surface area contributed by atoms with Crippen molar-refractivity contribution in [1.29, 1.82) is 0 Å². The minimum absolute atomic E-state index is 0.212. The van der Waals surface area contributed by atoms with Crippen molar-refractivity contribution in [3.63, 3.8) is 0 Å². The number of rotatable bonds is 3. The zero-order chi connectivity index (χ0) is 9.90. The van der Waals surface area contributed by atoms with Crippen molar-refractivity contribution >= 4 is 11.6 Å². The Balaban J connectivity index is 2.21. The summed E-state index contributed by atoms with van der Waals surface area (Å²) in [7, 11) is 0. The van der Waals surface area contributed by atoms with Gasteiger partial charge in [-0.05, 0) is 13.8 Å². The highest BCUT2D eigenvalue weighted by molar-refractivity contribution is 6.29. The van der Waals surface area contributed by atoms with Crippen LogP contribution >= 0.6 is 11.6 Å². The van der Waals surface area contributed by atoms with E-state index in [0.717, 1.165) is 0 Å². The van der Waals surface area contributed by atoms with Crippen LogP contribution in [-0.2, 0) is 9.47 Å². The number of ether oxygens (including phenoxy) is 2. The van der Waals surface area contributed by atoms with Gasteiger partial charge in [0.15, 0.2) is 5.79 Å². The van der Waals surface area contributed by atoms with E-state index in [1.807, 2.05) is 13.8 Å². The van der Waals surface area contributed by atoms with E-state index >= 15 is 0 Å². The highest BCUT2D eigenvalue weighted by Crippen LogP contribution is 2.16. The van der Waals surface area contributed by atoms with E-state index in [1.165, 1.54) is 0 Å². The van der Waals surface area contributed by atoms with E-state index in [4.69, 9.17) is 21.1 Å². The quantitative estimate of drug-likeness (QED) is 0.757. The molecule has 1 heterocycles. The van der Waals surface area contributed by atoms with Gasteiger partial charge in [-0.25, -0.2) is 0 Å². The smallest absolute Gasteiger partial charge is 0.162 e. The first-order chi connectivity index (χ1) is 5.99. The lowest BCUT2D eigenvalue weighted by molar-refractivity contribution is -0.252. The normalized spacial score (nSPS) is 23.0. The molecule has 1 rings (SSSR count). The molecular weight excluding hydrogens is 190 g/mol. The lowest BCUT2D eigenvalue weighted by atomic mass is 10.2. The first-order valence-electron chi connectivity index (χ1n) is 4.34. The summed E-state index contributed by atoms with van der Waals surface area (Å²) in [5.74, 6) is -0.448. The summed E-state index contributed by atoms with van der Waals surface area (Å²) in [6.07, 6.45) is 0. The van der Waals surface area contributed by atoms with Crippen LogP contribution in [0, 0.1) is 0 Å². The number of hydrogen-bond donors (Lipinski definition) is 1. The second-order valence-electron chi connectivity index (χ2n) is 3.62. The Morgan fingerprint density at radius 2 is 2.08 bits per heavy atom. The molecule has 4 heteroatoms. The summed E-state index contributed by atoms with van der Waals surface area (Å²) in [5.41, 5.74) is 0. The molecule has 1 aliphatic rings. The molecule has 0 aromatic carbocycles. The largest absolute Gasteiger partial charge is 0.349 e. The zero-order valence-electron chi connectivity index (χ0n) is 8.10. The lowest BCUT2D eigenvalue weighted by Gasteiger charge is -2.35. The molecule has 1 aliphatic heterocycles. The molecule has 1 fully saturated rings. The van der Waals surface area contributed by atoms with Gasteiger partial charge in [0, 0.05) is 11.6 Å². The maximum absolute atomic E-state index is 5.61. The molecule has 0 unspecified atom stereocenters. The zero-order valence-corrected chi connectivity index (χ0v) is 8.86. The van der Waals surface area contributed by atoms with Crippen LogP contribution < -0.4 is 5.32 Å². The Morgan fingerprint density at radius 1 is 1.54 bits per heavy atom. The van der Waals surface area contributed by atoms with Gasteiger partial charge in [-0.15, -0.1) is 0 Å². The van der Waals surface area contributed by atoms with E-state index in [2.05, 4.69) is 11.9 Å². The minimum Gasteiger partial charge on any atom is -0.349 e. The first-order valence-corrected chi connectivity index (χ1v) is 4.72. The van der Waals surface area contributed by atoms with E-state index in [1.54, 1.807) is 0 Å². The summed E-state index contributed by atoms with van der Waals surface area (Å²) in [6, 6.07) is 0.212. The van der Waals surface area contributed by atoms with Gasteiger partial charge in [0.1, 0.15) is 0 Å². The maximum Gasteiger partial charge on any atom is 0.162 e. The van der Waals surface area contributed by atoms with Gasteiger partial charge >= 0.3 is 0 Å². The van der Waals surface area contributed by atoms with Crippen molar-refractivity contribution < 1.29 is 9.47 Å². The predicted octanol–water partition coefficient (Wildman–Crippen LogP) is 1.48. The Hall–Kier alpha value is -0.0900. The van der Waals surface area contributed by atoms with Crippen molar-refractivity contribution in [2.24, 2.45) is 0 Å². The SMILES string of the molecule is C=C(Cl)CNC1COC(C)(C)OC1. The molecule has 0 bridgehead atoms. The molecule has 13 heavy (non-hydrogen) atoms. The standard InChI is InChI=1S/C9H16ClNO2/c1-7(10)4-11-8-5-12-9(2,3)13-6-8/h8,11H,1,4-6H2,2-3H3. The fourth-order valence-corrected chi connectivity index (χ4v) is 1.14. The van der Waals surface area contributed by atoms with Crippen LogP contribution in [-0.4, -0.2) is 31.6 Å². The average Bonchev–Trinajstić information content (AvgIpc) is 2.02. The number of nitrogens with one attached hydrogen (secondary N) is 1. The average molecular weight is 206 g/mol. The fourth-order valence-electron chi connectivity index (χ4n) is 1.07. The molecule has 1 N–H and O–H groups in total.